The van der Waals surface area contributed by atoms with Crippen molar-refractivity contribution < 1.29 is 22.0 Å². The highest BCUT2D eigenvalue weighted by Gasteiger charge is 2.38. The van der Waals surface area contributed by atoms with Crippen molar-refractivity contribution in [2.45, 2.75) is 57.3 Å². The fourth-order valence-corrected chi connectivity index (χ4v) is 3.97. The Hall–Kier alpha value is -3.04. The fourth-order valence-electron chi connectivity index (χ4n) is 3.97. The van der Waals surface area contributed by atoms with Gasteiger partial charge in [0.2, 0.25) is 5.89 Å². The Labute approximate surface area is 182 Å². The highest BCUT2D eigenvalue weighted by Crippen LogP contribution is 2.42. The van der Waals surface area contributed by atoms with Crippen molar-refractivity contribution >= 4 is 5.57 Å². The summed E-state index contributed by atoms with van der Waals surface area (Å²) in [5, 5.41) is 16.1. The molecule has 1 aliphatic carbocycles. The second-order valence-corrected chi connectivity index (χ2v) is 8.83. The van der Waals surface area contributed by atoms with Crippen molar-refractivity contribution in [3.8, 4) is 11.4 Å². The third-order valence-corrected chi connectivity index (χ3v) is 5.84. The smallest absolute Gasteiger partial charge is 0.417 e. The Morgan fingerprint density at radius 3 is 2.34 bits per heavy atom. The molecule has 0 N–H and O–H groups in total. The van der Waals surface area contributed by atoms with E-state index in [0.29, 0.717) is 25.1 Å². The number of benzene rings is 1. The summed E-state index contributed by atoms with van der Waals surface area (Å²) in [5.74, 6) is 0.958. The Kier molecular flexibility index (Phi) is 5.21. The van der Waals surface area contributed by atoms with Crippen molar-refractivity contribution in [2.75, 3.05) is 0 Å². The third kappa shape index (κ3) is 3.93. The van der Waals surface area contributed by atoms with Gasteiger partial charge in [0.05, 0.1) is 5.56 Å². The second-order valence-electron chi connectivity index (χ2n) is 8.83. The summed E-state index contributed by atoms with van der Waals surface area (Å²) in [6.07, 6.45) is -0.795. The standard InChI is InChI=1S/C22H23F4N5O/c1-20(2,23)19-30-28-17(32-19)13-9-11-21(3,12-10-13)18-29-27-16(31(18)4)14-7-5-6-8-15(14)22(24,25)26/h5-9H,10-12H2,1-4H3. The zero-order valence-corrected chi connectivity index (χ0v) is 18.2. The van der Waals surface area contributed by atoms with Crippen LogP contribution in [0.1, 0.15) is 63.2 Å². The molecule has 0 spiro atoms. The van der Waals surface area contributed by atoms with Gasteiger partial charge in [-0.1, -0.05) is 31.2 Å². The van der Waals surface area contributed by atoms with Crippen molar-refractivity contribution in [3.05, 3.63) is 53.5 Å². The van der Waals surface area contributed by atoms with Gasteiger partial charge < -0.3 is 8.98 Å². The molecule has 4 rings (SSSR count). The average Bonchev–Trinajstić information content (AvgIpc) is 3.35. The molecule has 0 saturated heterocycles. The molecule has 10 heteroatoms. The number of halogens is 4. The highest BCUT2D eigenvalue weighted by atomic mass is 19.4. The summed E-state index contributed by atoms with van der Waals surface area (Å²) < 4.78 is 61.6. The molecular formula is C22H23F4N5O. The largest absolute Gasteiger partial charge is 0.418 e. The van der Waals surface area contributed by atoms with Gasteiger partial charge in [0.1, 0.15) is 5.82 Å². The number of rotatable bonds is 4. The van der Waals surface area contributed by atoms with E-state index < -0.39 is 22.8 Å². The maximum absolute atomic E-state index is 14.0. The fraction of sp³-hybridized carbons (Fsp3) is 0.455. The van der Waals surface area contributed by atoms with Crippen LogP contribution in [0.3, 0.4) is 0 Å². The first-order valence-electron chi connectivity index (χ1n) is 10.2. The van der Waals surface area contributed by atoms with Gasteiger partial charge in [0.25, 0.3) is 5.89 Å². The zero-order valence-electron chi connectivity index (χ0n) is 18.2. The van der Waals surface area contributed by atoms with E-state index in [4.69, 9.17) is 4.42 Å². The van der Waals surface area contributed by atoms with E-state index >= 15 is 0 Å². The highest BCUT2D eigenvalue weighted by molar-refractivity contribution is 5.62. The van der Waals surface area contributed by atoms with Gasteiger partial charge in [-0.25, -0.2) is 4.39 Å². The van der Waals surface area contributed by atoms with Crippen molar-refractivity contribution in [1.29, 1.82) is 0 Å². The van der Waals surface area contributed by atoms with Gasteiger partial charge in [-0.05, 0) is 39.2 Å². The Morgan fingerprint density at radius 1 is 1.03 bits per heavy atom. The number of nitrogens with zero attached hydrogens (tertiary/aromatic N) is 5. The minimum absolute atomic E-state index is 0.0101. The molecule has 2 heterocycles. The maximum Gasteiger partial charge on any atom is 0.417 e. The van der Waals surface area contributed by atoms with Crippen molar-refractivity contribution in [2.24, 2.45) is 7.05 Å². The Morgan fingerprint density at radius 2 is 1.75 bits per heavy atom. The topological polar surface area (TPSA) is 69.6 Å². The van der Waals surface area contributed by atoms with Crippen LogP contribution in [0, 0.1) is 0 Å². The quantitative estimate of drug-likeness (QED) is 0.484. The van der Waals surface area contributed by atoms with E-state index in [0.717, 1.165) is 11.6 Å². The third-order valence-electron chi connectivity index (χ3n) is 5.84. The van der Waals surface area contributed by atoms with Gasteiger partial charge in [-0.15, -0.1) is 20.4 Å². The summed E-state index contributed by atoms with van der Waals surface area (Å²) in [6, 6.07) is 5.34. The number of alkyl halides is 4. The molecule has 1 aromatic carbocycles. The first-order valence-corrected chi connectivity index (χ1v) is 10.2. The molecular weight excluding hydrogens is 426 g/mol. The van der Waals surface area contributed by atoms with Crippen LogP contribution in [0.2, 0.25) is 0 Å². The zero-order chi connectivity index (χ0) is 23.3. The van der Waals surface area contributed by atoms with Crippen LogP contribution in [0.4, 0.5) is 17.6 Å². The second kappa shape index (κ2) is 7.53. The first kappa shape index (κ1) is 22.2. The van der Waals surface area contributed by atoms with Crippen LogP contribution in [0.25, 0.3) is 17.0 Å². The molecule has 6 nitrogen and oxygen atoms in total. The molecule has 0 fully saturated rings. The molecule has 1 atom stereocenters. The number of hydrogen-bond acceptors (Lipinski definition) is 5. The van der Waals surface area contributed by atoms with Crippen molar-refractivity contribution in [1.82, 2.24) is 25.0 Å². The lowest BCUT2D eigenvalue weighted by Crippen LogP contribution is -2.28. The van der Waals surface area contributed by atoms with E-state index in [2.05, 4.69) is 20.4 Å². The van der Waals surface area contributed by atoms with E-state index in [1.165, 1.54) is 26.0 Å². The minimum atomic E-state index is -4.49. The molecule has 32 heavy (non-hydrogen) atoms. The monoisotopic (exact) mass is 449 g/mol. The summed E-state index contributed by atoms with van der Waals surface area (Å²) >= 11 is 0. The van der Waals surface area contributed by atoms with Gasteiger partial charge in [0.15, 0.2) is 11.5 Å². The molecule has 3 aromatic rings. The van der Waals surface area contributed by atoms with E-state index in [-0.39, 0.29) is 23.2 Å². The molecule has 0 radical (unpaired) electrons. The summed E-state index contributed by atoms with van der Waals surface area (Å²) in [6.45, 7) is 4.69. The number of hydrogen-bond donors (Lipinski definition) is 0. The Balaban J connectivity index is 1.63. The lowest BCUT2D eigenvalue weighted by molar-refractivity contribution is -0.137. The predicted molar refractivity (Wildman–Crippen MR) is 109 cm³/mol. The summed E-state index contributed by atoms with van der Waals surface area (Å²) in [5.41, 5.74) is -2.12. The lowest BCUT2D eigenvalue weighted by Gasteiger charge is -2.31. The molecule has 0 bridgehead atoms. The van der Waals surface area contributed by atoms with E-state index in [1.807, 2.05) is 13.0 Å². The van der Waals surface area contributed by atoms with Gasteiger partial charge in [0, 0.05) is 23.6 Å². The summed E-state index contributed by atoms with van der Waals surface area (Å²) in [7, 11) is 1.68. The van der Waals surface area contributed by atoms with Gasteiger partial charge in [-0.2, -0.15) is 13.2 Å². The van der Waals surface area contributed by atoms with Crippen LogP contribution in [-0.2, 0) is 24.3 Å². The molecule has 0 aliphatic heterocycles. The molecule has 2 aromatic heterocycles. The van der Waals surface area contributed by atoms with Gasteiger partial charge >= 0.3 is 6.18 Å². The molecule has 170 valence electrons. The van der Waals surface area contributed by atoms with Crippen LogP contribution in [0.15, 0.2) is 34.8 Å². The minimum Gasteiger partial charge on any atom is -0.418 e. The number of aromatic nitrogens is 5. The van der Waals surface area contributed by atoms with Crippen LogP contribution in [0.5, 0.6) is 0 Å². The van der Waals surface area contributed by atoms with E-state index in [9.17, 15) is 17.6 Å². The van der Waals surface area contributed by atoms with E-state index in [1.54, 1.807) is 17.7 Å². The molecule has 1 unspecified atom stereocenters. The molecule has 1 aliphatic rings. The summed E-state index contributed by atoms with van der Waals surface area (Å²) in [4.78, 5) is 0. The van der Waals surface area contributed by atoms with Crippen LogP contribution >= 0.6 is 0 Å². The van der Waals surface area contributed by atoms with Crippen molar-refractivity contribution in [3.63, 3.8) is 0 Å². The number of allylic oxidation sites excluding steroid dienone is 2. The molecule has 0 amide bonds. The Bertz CT molecular complexity index is 1170. The first-order chi connectivity index (χ1) is 14.9. The average molecular weight is 449 g/mol. The molecule has 0 saturated carbocycles. The predicted octanol–water partition coefficient (Wildman–Crippen LogP) is 5.61. The van der Waals surface area contributed by atoms with Gasteiger partial charge in [-0.3, -0.25) is 0 Å². The van der Waals surface area contributed by atoms with Crippen LogP contribution < -0.4 is 0 Å². The normalized spacial score (nSPS) is 19.8. The lowest BCUT2D eigenvalue weighted by atomic mass is 9.75. The van der Waals surface area contributed by atoms with Crippen LogP contribution in [-0.4, -0.2) is 25.0 Å². The maximum atomic E-state index is 14.0. The SMILES string of the molecule is Cn1c(-c2ccccc2C(F)(F)F)nnc1C1(C)CC=C(c2nnc(C(C)(C)F)o2)CC1.